The maximum Gasteiger partial charge on any atom is 0.414 e. The molecule has 3 N–H and O–H groups in total. The fraction of sp³-hybridized carbons (Fsp3) is 0.483. The molecule has 0 spiro atoms. The van der Waals surface area contributed by atoms with Crippen molar-refractivity contribution in [3.8, 4) is 5.75 Å². The molecule has 1 unspecified atom stereocenters. The first-order valence-corrected chi connectivity index (χ1v) is 13.4. The largest absolute Gasteiger partial charge is 0.496 e. The summed E-state index contributed by atoms with van der Waals surface area (Å²) in [6, 6.07) is 6.93. The molecule has 2 aliphatic rings. The highest BCUT2D eigenvalue weighted by Gasteiger charge is 2.34. The van der Waals surface area contributed by atoms with Gasteiger partial charge < -0.3 is 30.0 Å². The van der Waals surface area contributed by atoms with E-state index in [2.05, 4.69) is 10.6 Å². The van der Waals surface area contributed by atoms with Crippen LogP contribution in [-0.2, 0) is 25.5 Å². The van der Waals surface area contributed by atoms with Gasteiger partial charge in [-0.05, 0) is 69.4 Å². The monoisotopic (exact) mass is 557 g/mol. The number of hydrogen-bond donors (Lipinski definition) is 3. The minimum atomic E-state index is -1.73. The van der Waals surface area contributed by atoms with E-state index in [9.17, 15) is 23.9 Å². The van der Waals surface area contributed by atoms with Crippen molar-refractivity contribution >= 4 is 35.0 Å². The molecule has 1 saturated carbocycles. The van der Waals surface area contributed by atoms with Crippen molar-refractivity contribution < 1.29 is 38.1 Å². The molecule has 0 radical (unpaired) electrons. The van der Waals surface area contributed by atoms with Gasteiger partial charge in [0.15, 0.2) is 6.10 Å². The standard InChI is InChI=1S/C29H36FN3O7/c1-16-8-10-20-23(33(16)29(37)40-4)12-11-22(31-19-7-5-6-17(14-19)28(36)39-3)25(20)32-27(35)26(34)21-15-18(30)9-13-24(21)38-2/h9,11-13,15-17,19,26,31,34H,5-8,10,14H2,1-4H3,(H,32,35)/t16-,17+,19+,26?/m0/s1. The van der Waals surface area contributed by atoms with Crippen LogP contribution >= 0.6 is 0 Å². The van der Waals surface area contributed by atoms with E-state index in [1.165, 1.54) is 38.4 Å². The summed E-state index contributed by atoms with van der Waals surface area (Å²) in [6.07, 6.45) is 1.85. The Morgan fingerprint density at radius 2 is 1.85 bits per heavy atom. The second-order valence-electron chi connectivity index (χ2n) is 10.2. The van der Waals surface area contributed by atoms with E-state index in [-0.39, 0.29) is 35.3 Å². The molecule has 0 saturated heterocycles. The van der Waals surface area contributed by atoms with Crippen LogP contribution in [0.5, 0.6) is 5.75 Å². The average Bonchev–Trinajstić information content (AvgIpc) is 2.96. The number of anilines is 3. The Balaban J connectivity index is 1.71. The minimum Gasteiger partial charge on any atom is -0.496 e. The van der Waals surface area contributed by atoms with Crippen molar-refractivity contribution in [2.45, 2.75) is 63.6 Å². The first-order chi connectivity index (χ1) is 19.2. The molecule has 1 aliphatic carbocycles. The van der Waals surface area contributed by atoms with Gasteiger partial charge in [-0.3, -0.25) is 14.5 Å². The number of halogens is 1. The summed E-state index contributed by atoms with van der Waals surface area (Å²) in [5.74, 6) is -1.73. The van der Waals surface area contributed by atoms with Crippen molar-refractivity contribution in [1.29, 1.82) is 0 Å². The summed E-state index contributed by atoms with van der Waals surface area (Å²) in [5, 5.41) is 17.2. The number of aliphatic hydroxyl groups is 1. The van der Waals surface area contributed by atoms with Gasteiger partial charge in [-0.15, -0.1) is 0 Å². The zero-order valence-corrected chi connectivity index (χ0v) is 23.2. The molecule has 1 fully saturated rings. The second-order valence-corrected chi connectivity index (χ2v) is 10.2. The third kappa shape index (κ3) is 5.99. The SMILES string of the molecule is COC(=O)[C@@H]1CCC[C@@H](Nc2ccc3c(c2NC(=O)C(O)c2cc(F)ccc2OC)CC[C@H](C)N3C(=O)OC)C1. The van der Waals surface area contributed by atoms with Crippen LogP contribution in [-0.4, -0.2) is 56.5 Å². The Hall–Kier alpha value is -3.86. The summed E-state index contributed by atoms with van der Waals surface area (Å²) < 4.78 is 29.2. The predicted octanol–water partition coefficient (Wildman–Crippen LogP) is 4.56. The van der Waals surface area contributed by atoms with E-state index in [1.54, 1.807) is 12.1 Å². The van der Waals surface area contributed by atoms with Crippen molar-refractivity contribution in [3.63, 3.8) is 0 Å². The molecule has 2 amide bonds. The van der Waals surface area contributed by atoms with Crippen molar-refractivity contribution in [2.24, 2.45) is 5.92 Å². The third-order valence-corrected chi connectivity index (χ3v) is 7.72. The number of benzene rings is 2. The number of fused-ring (bicyclic) bond motifs is 1. The van der Waals surface area contributed by atoms with Crippen LogP contribution in [0.15, 0.2) is 30.3 Å². The number of nitrogens with zero attached hydrogens (tertiary/aromatic N) is 1. The summed E-state index contributed by atoms with van der Waals surface area (Å²) >= 11 is 0. The van der Waals surface area contributed by atoms with Gasteiger partial charge in [-0.25, -0.2) is 9.18 Å². The third-order valence-electron chi connectivity index (χ3n) is 7.72. The van der Waals surface area contributed by atoms with E-state index < -0.39 is 23.9 Å². The van der Waals surface area contributed by atoms with Crippen LogP contribution in [0.4, 0.5) is 26.2 Å². The van der Waals surface area contributed by atoms with Crippen LogP contribution in [0.2, 0.25) is 0 Å². The minimum absolute atomic E-state index is 0.0164. The van der Waals surface area contributed by atoms with Crippen molar-refractivity contribution in [2.75, 3.05) is 36.9 Å². The number of esters is 1. The maximum absolute atomic E-state index is 14.0. The van der Waals surface area contributed by atoms with Gasteiger partial charge in [-0.1, -0.05) is 6.42 Å². The number of carbonyl (C=O) groups excluding carboxylic acids is 3. The fourth-order valence-electron chi connectivity index (χ4n) is 5.65. The molecular weight excluding hydrogens is 521 g/mol. The molecular formula is C29H36FN3O7. The van der Waals surface area contributed by atoms with E-state index in [4.69, 9.17) is 14.2 Å². The van der Waals surface area contributed by atoms with Crippen LogP contribution in [0.3, 0.4) is 0 Å². The zero-order valence-electron chi connectivity index (χ0n) is 23.2. The maximum atomic E-state index is 14.0. The van der Waals surface area contributed by atoms with Crippen LogP contribution in [0.25, 0.3) is 0 Å². The molecule has 11 heteroatoms. The average molecular weight is 558 g/mol. The molecule has 1 heterocycles. The molecule has 4 rings (SSSR count). The topological polar surface area (TPSA) is 126 Å². The second kappa shape index (κ2) is 12.5. The summed E-state index contributed by atoms with van der Waals surface area (Å²) in [6.45, 7) is 1.92. The van der Waals surface area contributed by atoms with E-state index in [0.29, 0.717) is 41.9 Å². The molecule has 1 aliphatic heterocycles. The summed E-state index contributed by atoms with van der Waals surface area (Å²) in [4.78, 5) is 39.8. The molecule has 2 aromatic carbocycles. The number of nitrogens with one attached hydrogen (secondary N) is 2. The first kappa shape index (κ1) is 29.1. The fourth-order valence-corrected chi connectivity index (χ4v) is 5.65. The number of hydrogen-bond acceptors (Lipinski definition) is 8. The number of carbonyl (C=O) groups is 3. The zero-order chi connectivity index (χ0) is 29.0. The molecule has 0 bridgehead atoms. The van der Waals surface area contributed by atoms with Crippen LogP contribution in [0.1, 0.15) is 56.3 Å². The first-order valence-electron chi connectivity index (χ1n) is 13.4. The van der Waals surface area contributed by atoms with Gasteiger partial charge in [0.25, 0.3) is 5.91 Å². The van der Waals surface area contributed by atoms with Gasteiger partial charge >= 0.3 is 12.1 Å². The highest BCUT2D eigenvalue weighted by atomic mass is 19.1. The lowest BCUT2D eigenvalue weighted by molar-refractivity contribution is -0.146. The Morgan fingerprint density at radius 3 is 2.55 bits per heavy atom. The summed E-state index contributed by atoms with van der Waals surface area (Å²) in [7, 11) is 4.06. The smallest absolute Gasteiger partial charge is 0.414 e. The molecule has 0 aromatic heterocycles. The van der Waals surface area contributed by atoms with Gasteiger partial charge in [0.05, 0.1) is 44.3 Å². The van der Waals surface area contributed by atoms with E-state index in [0.717, 1.165) is 25.3 Å². The van der Waals surface area contributed by atoms with Gasteiger partial charge in [0.1, 0.15) is 11.6 Å². The molecule has 10 nitrogen and oxygen atoms in total. The quantitative estimate of drug-likeness (QED) is 0.423. The Bertz CT molecular complexity index is 1270. The molecule has 40 heavy (non-hydrogen) atoms. The summed E-state index contributed by atoms with van der Waals surface area (Å²) in [5.41, 5.74) is 2.25. The number of aliphatic hydroxyl groups excluding tert-OH is 1. The van der Waals surface area contributed by atoms with Crippen LogP contribution in [0, 0.1) is 11.7 Å². The number of amides is 2. The van der Waals surface area contributed by atoms with E-state index >= 15 is 0 Å². The predicted molar refractivity (Wildman–Crippen MR) is 147 cm³/mol. The normalized spacial score (nSPS) is 21.1. The Kier molecular flexibility index (Phi) is 9.14. The lowest BCUT2D eigenvalue weighted by Gasteiger charge is -2.36. The van der Waals surface area contributed by atoms with Crippen LogP contribution < -0.4 is 20.3 Å². The lowest BCUT2D eigenvalue weighted by atomic mass is 9.85. The molecule has 2 aromatic rings. The van der Waals surface area contributed by atoms with Gasteiger partial charge in [-0.2, -0.15) is 0 Å². The Morgan fingerprint density at radius 1 is 1.07 bits per heavy atom. The van der Waals surface area contributed by atoms with E-state index in [1.807, 2.05) is 6.92 Å². The number of ether oxygens (including phenoxy) is 3. The molecule has 216 valence electrons. The van der Waals surface area contributed by atoms with Crippen molar-refractivity contribution in [3.05, 3.63) is 47.3 Å². The Labute approximate surface area is 232 Å². The number of methoxy groups -OCH3 is 3. The van der Waals surface area contributed by atoms with Gasteiger partial charge in [0, 0.05) is 23.2 Å². The van der Waals surface area contributed by atoms with Gasteiger partial charge in [0.2, 0.25) is 0 Å². The highest BCUT2D eigenvalue weighted by Crippen LogP contribution is 2.42. The number of rotatable bonds is 7. The van der Waals surface area contributed by atoms with Crippen molar-refractivity contribution in [1.82, 2.24) is 0 Å². The highest BCUT2D eigenvalue weighted by molar-refractivity contribution is 6.01. The molecule has 4 atom stereocenters. The lowest BCUT2D eigenvalue weighted by Crippen LogP contribution is -2.42.